The van der Waals surface area contributed by atoms with Crippen molar-refractivity contribution in [3.63, 3.8) is 0 Å². The molecule has 0 spiro atoms. The molecule has 2 heteroatoms. The highest BCUT2D eigenvalue weighted by atomic mass is 15.0. The summed E-state index contributed by atoms with van der Waals surface area (Å²) in [4.78, 5) is 4.31. The molecular weight excluding hydrogens is 184 g/mol. The van der Waals surface area contributed by atoms with Crippen LogP contribution in [-0.4, -0.2) is 9.55 Å². The number of aromatic nitrogens is 2. The Bertz CT molecular complexity index is 416. The maximum Gasteiger partial charge on any atom is 0.0951 e. The fourth-order valence-electron chi connectivity index (χ4n) is 1.41. The predicted molar refractivity (Wildman–Crippen MR) is 64.7 cm³/mol. The van der Waals surface area contributed by atoms with E-state index in [1.54, 1.807) is 0 Å². The zero-order valence-electron chi connectivity index (χ0n) is 9.86. The van der Waals surface area contributed by atoms with Gasteiger partial charge in [0.15, 0.2) is 0 Å². The van der Waals surface area contributed by atoms with Crippen LogP contribution < -0.4 is 0 Å². The molecular formula is C13H18N2. The monoisotopic (exact) mass is 202 g/mol. The van der Waals surface area contributed by atoms with Crippen LogP contribution >= 0.6 is 0 Å². The van der Waals surface area contributed by atoms with Crippen LogP contribution in [0.15, 0.2) is 36.8 Å². The standard InChI is InChI=1S/C11H12N2.C2H6/c1-9-5-3-4-6-10(9)11-7-13(2)8-12-11;1-2/h3-8H,1-2H3;1-2H3. The Kier molecular flexibility index (Phi) is 4.10. The lowest BCUT2D eigenvalue weighted by molar-refractivity contribution is 0.913. The molecule has 0 radical (unpaired) electrons. The Hall–Kier alpha value is -1.57. The third kappa shape index (κ3) is 2.69. The Morgan fingerprint density at radius 2 is 1.80 bits per heavy atom. The Morgan fingerprint density at radius 1 is 1.13 bits per heavy atom. The predicted octanol–water partition coefficient (Wildman–Crippen LogP) is 3.42. The van der Waals surface area contributed by atoms with Gasteiger partial charge in [-0.15, -0.1) is 0 Å². The van der Waals surface area contributed by atoms with Crippen LogP contribution in [0.2, 0.25) is 0 Å². The van der Waals surface area contributed by atoms with E-state index in [4.69, 9.17) is 0 Å². The van der Waals surface area contributed by atoms with Crippen molar-refractivity contribution < 1.29 is 0 Å². The first-order chi connectivity index (χ1) is 7.27. The summed E-state index contributed by atoms with van der Waals surface area (Å²) in [6.45, 7) is 6.10. The molecule has 0 aliphatic rings. The Balaban J connectivity index is 0.000000531. The van der Waals surface area contributed by atoms with E-state index < -0.39 is 0 Å². The van der Waals surface area contributed by atoms with Gasteiger partial charge in [0.1, 0.15) is 0 Å². The molecule has 2 aromatic rings. The van der Waals surface area contributed by atoms with Gasteiger partial charge in [-0.1, -0.05) is 38.1 Å². The number of hydrogen-bond acceptors (Lipinski definition) is 1. The summed E-state index contributed by atoms with van der Waals surface area (Å²) in [7, 11) is 1.98. The smallest absolute Gasteiger partial charge is 0.0951 e. The zero-order chi connectivity index (χ0) is 11.3. The van der Waals surface area contributed by atoms with Crippen molar-refractivity contribution in [3.8, 4) is 11.3 Å². The van der Waals surface area contributed by atoms with Crippen LogP contribution in [0, 0.1) is 6.92 Å². The first kappa shape index (κ1) is 11.5. The molecule has 0 atom stereocenters. The molecule has 1 aromatic carbocycles. The number of aryl methyl sites for hydroxylation is 2. The molecule has 0 unspecified atom stereocenters. The quantitative estimate of drug-likeness (QED) is 0.692. The van der Waals surface area contributed by atoms with Crippen LogP contribution in [0.5, 0.6) is 0 Å². The van der Waals surface area contributed by atoms with E-state index in [2.05, 4.69) is 24.0 Å². The van der Waals surface area contributed by atoms with Crippen molar-refractivity contribution in [1.29, 1.82) is 0 Å². The van der Waals surface area contributed by atoms with Crippen LogP contribution in [0.1, 0.15) is 19.4 Å². The fourth-order valence-corrected chi connectivity index (χ4v) is 1.41. The average Bonchev–Trinajstić information content (AvgIpc) is 2.68. The molecule has 80 valence electrons. The highest BCUT2D eigenvalue weighted by Gasteiger charge is 2.02. The normalized spacial score (nSPS) is 9.33. The minimum Gasteiger partial charge on any atom is -0.340 e. The molecule has 2 rings (SSSR count). The van der Waals surface area contributed by atoms with E-state index in [1.165, 1.54) is 11.1 Å². The van der Waals surface area contributed by atoms with E-state index in [0.29, 0.717) is 0 Å². The van der Waals surface area contributed by atoms with Crippen molar-refractivity contribution in [3.05, 3.63) is 42.4 Å². The number of benzene rings is 1. The number of rotatable bonds is 1. The molecule has 0 aliphatic carbocycles. The summed E-state index contributed by atoms with van der Waals surface area (Å²) < 4.78 is 1.96. The summed E-state index contributed by atoms with van der Waals surface area (Å²) in [6.07, 6.45) is 3.85. The molecule has 15 heavy (non-hydrogen) atoms. The summed E-state index contributed by atoms with van der Waals surface area (Å²) >= 11 is 0. The molecule has 0 N–H and O–H groups in total. The summed E-state index contributed by atoms with van der Waals surface area (Å²) in [6, 6.07) is 8.28. The largest absolute Gasteiger partial charge is 0.340 e. The van der Waals surface area contributed by atoms with E-state index in [0.717, 1.165) is 5.69 Å². The first-order valence-electron chi connectivity index (χ1n) is 5.31. The third-order valence-corrected chi connectivity index (χ3v) is 2.13. The summed E-state index contributed by atoms with van der Waals surface area (Å²) in [5.41, 5.74) is 3.52. The zero-order valence-corrected chi connectivity index (χ0v) is 9.86. The Morgan fingerprint density at radius 3 is 2.33 bits per heavy atom. The lowest BCUT2D eigenvalue weighted by Crippen LogP contribution is -1.82. The van der Waals surface area contributed by atoms with Crippen LogP contribution in [-0.2, 0) is 7.05 Å². The van der Waals surface area contributed by atoms with E-state index in [1.807, 2.05) is 50.1 Å². The van der Waals surface area contributed by atoms with Crippen molar-refractivity contribution in [2.24, 2.45) is 7.05 Å². The van der Waals surface area contributed by atoms with E-state index in [9.17, 15) is 0 Å². The van der Waals surface area contributed by atoms with Crippen molar-refractivity contribution in [2.45, 2.75) is 20.8 Å². The Labute approximate surface area is 91.6 Å². The molecule has 1 heterocycles. The first-order valence-corrected chi connectivity index (χ1v) is 5.31. The van der Waals surface area contributed by atoms with Crippen LogP contribution in [0.4, 0.5) is 0 Å². The SMILES string of the molecule is CC.Cc1ccccc1-c1cn(C)cn1. The van der Waals surface area contributed by atoms with Gasteiger partial charge in [-0.2, -0.15) is 0 Å². The van der Waals surface area contributed by atoms with Gasteiger partial charge in [0, 0.05) is 18.8 Å². The minimum absolute atomic E-state index is 1.04. The number of nitrogens with zero attached hydrogens (tertiary/aromatic N) is 2. The average molecular weight is 202 g/mol. The molecule has 0 amide bonds. The van der Waals surface area contributed by atoms with E-state index >= 15 is 0 Å². The summed E-state index contributed by atoms with van der Waals surface area (Å²) in [5, 5.41) is 0. The van der Waals surface area contributed by atoms with Crippen molar-refractivity contribution in [1.82, 2.24) is 9.55 Å². The molecule has 0 saturated heterocycles. The molecule has 0 saturated carbocycles. The topological polar surface area (TPSA) is 17.8 Å². The lowest BCUT2D eigenvalue weighted by Gasteiger charge is -2.00. The van der Waals surface area contributed by atoms with Gasteiger partial charge >= 0.3 is 0 Å². The minimum atomic E-state index is 1.04. The highest BCUT2D eigenvalue weighted by Crippen LogP contribution is 2.20. The van der Waals surface area contributed by atoms with Crippen LogP contribution in [0.25, 0.3) is 11.3 Å². The van der Waals surface area contributed by atoms with Gasteiger partial charge in [0.2, 0.25) is 0 Å². The van der Waals surface area contributed by atoms with Gasteiger partial charge in [-0.3, -0.25) is 0 Å². The molecule has 0 bridgehead atoms. The number of hydrogen-bond donors (Lipinski definition) is 0. The van der Waals surface area contributed by atoms with Gasteiger partial charge < -0.3 is 4.57 Å². The van der Waals surface area contributed by atoms with Gasteiger partial charge in [-0.05, 0) is 12.5 Å². The second kappa shape index (κ2) is 5.35. The van der Waals surface area contributed by atoms with Gasteiger partial charge in [0.25, 0.3) is 0 Å². The van der Waals surface area contributed by atoms with Gasteiger partial charge in [0.05, 0.1) is 12.0 Å². The van der Waals surface area contributed by atoms with E-state index in [-0.39, 0.29) is 0 Å². The molecule has 0 aliphatic heterocycles. The molecule has 1 aromatic heterocycles. The highest BCUT2D eigenvalue weighted by molar-refractivity contribution is 5.62. The molecule has 0 fully saturated rings. The van der Waals surface area contributed by atoms with Crippen molar-refractivity contribution >= 4 is 0 Å². The fraction of sp³-hybridized carbons (Fsp3) is 0.308. The van der Waals surface area contributed by atoms with Crippen molar-refractivity contribution in [2.75, 3.05) is 0 Å². The summed E-state index contributed by atoms with van der Waals surface area (Å²) in [5.74, 6) is 0. The lowest BCUT2D eigenvalue weighted by atomic mass is 10.1. The van der Waals surface area contributed by atoms with Crippen LogP contribution in [0.3, 0.4) is 0 Å². The maximum atomic E-state index is 4.31. The molecule has 2 nitrogen and oxygen atoms in total. The second-order valence-corrected chi connectivity index (χ2v) is 3.24. The number of imidazole rings is 1. The van der Waals surface area contributed by atoms with Gasteiger partial charge in [-0.25, -0.2) is 4.98 Å². The third-order valence-electron chi connectivity index (χ3n) is 2.13. The second-order valence-electron chi connectivity index (χ2n) is 3.24. The maximum absolute atomic E-state index is 4.31.